The molecule has 1 aromatic rings. The van der Waals surface area contributed by atoms with Gasteiger partial charge in [-0.05, 0) is 39.3 Å². The molecule has 1 fully saturated rings. The lowest BCUT2D eigenvalue weighted by atomic mass is 10.1. The summed E-state index contributed by atoms with van der Waals surface area (Å²) in [5, 5.41) is 6.16. The monoisotopic (exact) mass is 294 g/mol. The minimum Gasteiger partial charge on any atom is -0.351 e. The first-order chi connectivity index (χ1) is 9.28. The van der Waals surface area contributed by atoms with E-state index < -0.39 is 0 Å². The Kier molecular flexibility index (Phi) is 4.04. The second kappa shape index (κ2) is 5.44. The van der Waals surface area contributed by atoms with Crippen molar-refractivity contribution in [1.29, 1.82) is 0 Å². The molecular weight excluding hydrogens is 276 g/mol. The zero-order valence-corrected chi connectivity index (χ0v) is 12.6. The first kappa shape index (κ1) is 14.9. The van der Waals surface area contributed by atoms with Crippen molar-refractivity contribution in [3.05, 3.63) is 29.3 Å². The Morgan fingerprint density at radius 1 is 1.15 bits per heavy atom. The van der Waals surface area contributed by atoms with Crippen molar-refractivity contribution in [3.8, 4) is 0 Å². The fourth-order valence-corrected chi connectivity index (χ4v) is 2.21. The Morgan fingerprint density at radius 3 is 2.35 bits per heavy atom. The van der Waals surface area contributed by atoms with Crippen molar-refractivity contribution >= 4 is 29.1 Å². The zero-order chi connectivity index (χ0) is 14.9. The molecule has 4 nitrogen and oxygen atoms in total. The van der Waals surface area contributed by atoms with Crippen molar-refractivity contribution in [3.63, 3.8) is 0 Å². The molecule has 1 saturated carbocycles. The Bertz CT molecular complexity index is 537. The molecule has 2 N–H and O–H groups in total. The van der Waals surface area contributed by atoms with Crippen LogP contribution in [0, 0.1) is 11.8 Å². The van der Waals surface area contributed by atoms with Crippen LogP contribution in [-0.4, -0.2) is 17.4 Å². The Hall–Kier alpha value is -1.55. The molecule has 2 unspecified atom stereocenters. The average Bonchev–Trinajstić information content (AvgIpc) is 3.10. The lowest BCUT2D eigenvalue weighted by Gasteiger charge is -2.20. The molecule has 2 amide bonds. The molecule has 0 saturated heterocycles. The van der Waals surface area contributed by atoms with Crippen LogP contribution >= 0.6 is 11.6 Å². The lowest BCUT2D eigenvalue weighted by molar-refractivity contribution is -0.126. The van der Waals surface area contributed by atoms with Crippen LogP contribution in [0.2, 0.25) is 5.02 Å². The minimum atomic E-state index is -0.274. The summed E-state index contributed by atoms with van der Waals surface area (Å²) in [7, 11) is 0. The highest BCUT2D eigenvalue weighted by atomic mass is 35.5. The van der Waals surface area contributed by atoms with E-state index in [4.69, 9.17) is 11.6 Å². The quantitative estimate of drug-likeness (QED) is 0.900. The van der Waals surface area contributed by atoms with Crippen molar-refractivity contribution in [1.82, 2.24) is 5.32 Å². The number of hydrogen-bond acceptors (Lipinski definition) is 2. The van der Waals surface area contributed by atoms with E-state index in [1.807, 2.05) is 20.8 Å². The van der Waals surface area contributed by atoms with Gasteiger partial charge >= 0.3 is 0 Å². The molecule has 108 valence electrons. The number of carbonyl (C=O) groups is 2. The smallest absolute Gasteiger partial charge is 0.228 e. The summed E-state index contributed by atoms with van der Waals surface area (Å²) in [6.45, 7) is 5.77. The maximum Gasteiger partial charge on any atom is 0.228 e. The number of rotatable bonds is 3. The van der Waals surface area contributed by atoms with E-state index >= 15 is 0 Å². The summed E-state index contributed by atoms with van der Waals surface area (Å²) in [4.78, 5) is 24.0. The van der Waals surface area contributed by atoms with Gasteiger partial charge in [0.25, 0.3) is 0 Å². The number of carbonyl (C=O) groups excluding carboxylic acids is 2. The summed E-state index contributed by atoms with van der Waals surface area (Å²) in [5.74, 6) is -0.686. The maximum absolute atomic E-state index is 12.1. The summed E-state index contributed by atoms with van der Waals surface area (Å²) >= 11 is 5.99. The van der Waals surface area contributed by atoms with E-state index in [2.05, 4.69) is 10.6 Å². The van der Waals surface area contributed by atoms with Crippen LogP contribution in [0.3, 0.4) is 0 Å². The number of hydrogen-bond donors (Lipinski definition) is 2. The number of halogens is 1. The molecule has 0 spiro atoms. The van der Waals surface area contributed by atoms with Gasteiger partial charge in [-0.2, -0.15) is 0 Å². The third kappa shape index (κ3) is 3.73. The number of nitrogens with one attached hydrogen (secondary N) is 2. The molecule has 5 heteroatoms. The molecule has 2 atom stereocenters. The van der Waals surface area contributed by atoms with E-state index in [9.17, 15) is 9.59 Å². The molecule has 20 heavy (non-hydrogen) atoms. The molecule has 0 aliphatic heterocycles. The number of para-hydroxylation sites is 1. The van der Waals surface area contributed by atoms with Gasteiger partial charge in [-0.25, -0.2) is 0 Å². The van der Waals surface area contributed by atoms with Crippen LogP contribution in [0.1, 0.15) is 27.2 Å². The highest BCUT2D eigenvalue weighted by molar-refractivity contribution is 6.33. The van der Waals surface area contributed by atoms with Gasteiger partial charge < -0.3 is 10.6 Å². The second-order valence-electron chi connectivity index (χ2n) is 6.16. The summed E-state index contributed by atoms with van der Waals surface area (Å²) in [5.41, 5.74) is 0.310. The molecule has 0 bridgehead atoms. The predicted octanol–water partition coefficient (Wildman–Crippen LogP) is 2.83. The van der Waals surface area contributed by atoms with Gasteiger partial charge in [0, 0.05) is 5.54 Å². The van der Waals surface area contributed by atoms with Crippen molar-refractivity contribution in [2.45, 2.75) is 32.7 Å². The van der Waals surface area contributed by atoms with Gasteiger partial charge in [-0.1, -0.05) is 23.7 Å². The molecule has 2 rings (SSSR count). The fraction of sp³-hybridized carbons (Fsp3) is 0.467. The zero-order valence-electron chi connectivity index (χ0n) is 11.9. The number of benzene rings is 1. The summed E-state index contributed by atoms with van der Waals surface area (Å²) < 4.78 is 0. The predicted molar refractivity (Wildman–Crippen MR) is 79.6 cm³/mol. The van der Waals surface area contributed by atoms with Gasteiger partial charge in [0.05, 0.1) is 22.5 Å². The Labute approximate surface area is 123 Å². The molecule has 1 aliphatic carbocycles. The standard InChI is InChI=1S/C15H19ClN2O2/c1-15(2,3)18-14(20)10-8-9(10)13(19)17-12-7-5-4-6-11(12)16/h4-7,9-10H,8H2,1-3H3,(H,17,19)(H,18,20). The topological polar surface area (TPSA) is 58.2 Å². The lowest BCUT2D eigenvalue weighted by Crippen LogP contribution is -2.42. The van der Waals surface area contributed by atoms with E-state index in [1.54, 1.807) is 24.3 Å². The maximum atomic E-state index is 12.1. The molecule has 0 aromatic heterocycles. The third-order valence-corrected chi connectivity index (χ3v) is 3.42. The largest absolute Gasteiger partial charge is 0.351 e. The minimum absolute atomic E-state index is 0.0585. The Morgan fingerprint density at radius 2 is 1.75 bits per heavy atom. The van der Waals surface area contributed by atoms with E-state index in [1.165, 1.54) is 0 Å². The Balaban J connectivity index is 1.91. The highest BCUT2D eigenvalue weighted by Gasteiger charge is 2.48. The van der Waals surface area contributed by atoms with Crippen molar-refractivity contribution in [2.75, 3.05) is 5.32 Å². The third-order valence-electron chi connectivity index (χ3n) is 3.09. The van der Waals surface area contributed by atoms with Gasteiger partial charge in [0.2, 0.25) is 11.8 Å². The first-order valence-electron chi connectivity index (χ1n) is 6.65. The molecule has 0 radical (unpaired) electrons. The number of amides is 2. The van der Waals surface area contributed by atoms with E-state index in [0.717, 1.165) is 0 Å². The van der Waals surface area contributed by atoms with Gasteiger partial charge in [0.15, 0.2) is 0 Å². The summed E-state index contributed by atoms with van der Waals surface area (Å²) in [6, 6.07) is 7.06. The van der Waals surface area contributed by atoms with Crippen LogP contribution < -0.4 is 10.6 Å². The second-order valence-corrected chi connectivity index (χ2v) is 6.56. The van der Waals surface area contributed by atoms with Crippen LogP contribution in [0.25, 0.3) is 0 Å². The van der Waals surface area contributed by atoms with Gasteiger partial charge in [-0.3, -0.25) is 9.59 Å². The first-order valence-corrected chi connectivity index (χ1v) is 7.03. The fourth-order valence-electron chi connectivity index (χ4n) is 2.02. The average molecular weight is 295 g/mol. The summed E-state index contributed by atoms with van der Waals surface area (Å²) in [6.07, 6.45) is 0.595. The van der Waals surface area contributed by atoms with Crippen LogP contribution in [0.15, 0.2) is 24.3 Å². The van der Waals surface area contributed by atoms with Gasteiger partial charge in [0.1, 0.15) is 0 Å². The molecule has 1 aromatic carbocycles. The van der Waals surface area contributed by atoms with Gasteiger partial charge in [-0.15, -0.1) is 0 Å². The molecule has 1 aliphatic rings. The normalized spacial score (nSPS) is 21.2. The SMILES string of the molecule is CC(C)(C)NC(=O)C1CC1C(=O)Nc1ccccc1Cl. The van der Waals surface area contributed by atoms with Crippen LogP contribution in [-0.2, 0) is 9.59 Å². The van der Waals surface area contributed by atoms with Crippen molar-refractivity contribution in [2.24, 2.45) is 11.8 Å². The molecule has 0 heterocycles. The van der Waals surface area contributed by atoms with Crippen LogP contribution in [0.5, 0.6) is 0 Å². The van der Waals surface area contributed by atoms with Crippen molar-refractivity contribution < 1.29 is 9.59 Å². The van der Waals surface area contributed by atoms with E-state index in [0.29, 0.717) is 17.1 Å². The van der Waals surface area contributed by atoms with Crippen LogP contribution in [0.4, 0.5) is 5.69 Å². The molecular formula is C15H19ClN2O2. The highest BCUT2D eigenvalue weighted by Crippen LogP contribution is 2.40. The number of anilines is 1. The van der Waals surface area contributed by atoms with E-state index in [-0.39, 0.29) is 29.2 Å².